The summed E-state index contributed by atoms with van der Waals surface area (Å²) in [4.78, 5) is 28.3. The van der Waals surface area contributed by atoms with Crippen molar-refractivity contribution in [2.24, 2.45) is 0 Å². The van der Waals surface area contributed by atoms with Crippen LogP contribution in [0.4, 0.5) is 0 Å². The van der Waals surface area contributed by atoms with Gasteiger partial charge in [0.2, 0.25) is 0 Å². The minimum absolute atomic E-state index is 0.0465. The predicted molar refractivity (Wildman–Crippen MR) is 107 cm³/mol. The number of benzene rings is 2. The van der Waals surface area contributed by atoms with Gasteiger partial charge in [0, 0.05) is 28.1 Å². The first-order valence-corrected chi connectivity index (χ1v) is 9.88. The molecule has 1 N–H and O–H groups in total. The molecule has 1 unspecified atom stereocenters. The van der Waals surface area contributed by atoms with Crippen LogP contribution in [-0.4, -0.2) is 41.4 Å². The molecule has 0 aliphatic carbocycles. The summed E-state index contributed by atoms with van der Waals surface area (Å²) in [6.07, 6.45) is -0.0932. The van der Waals surface area contributed by atoms with Gasteiger partial charge < -0.3 is 14.7 Å². The molecule has 2 aromatic carbocycles. The molecular formula is C22H19NO4S. The molecule has 0 spiro atoms. The second-order valence-corrected chi connectivity index (χ2v) is 7.56. The lowest BCUT2D eigenvalue weighted by Gasteiger charge is -2.32. The highest BCUT2D eigenvalue weighted by molar-refractivity contribution is 7.10. The van der Waals surface area contributed by atoms with Crippen molar-refractivity contribution in [3.8, 4) is 5.75 Å². The number of hydrogen-bond donors (Lipinski definition) is 1. The lowest BCUT2D eigenvalue weighted by Crippen LogP contribution is -2.42. The summed E-state index contributed by atoms with van der Waals surface area (Å²) in [6.45, 7) is 1.57. The van der Waals surface area contributed by atoms with E-state index >= 15 is 0 Å². The van der Waals surface area contributed by atoms with Crippen LogP contribution in [-0.2, 0) is 4.74 Å². The van der Waals surface area contributed by atoms with Crippen LogP contribution in [0.15, 0.2) is 66.0 Å². The standard InChI is InChI=1S/C22H19NO4S/c24-18-4-1-3-17(13-18)21(25)15-6-8-16(9-7-15)22(26)23-10-11-27-19(14-23)20-5-2-12-28-20/h1-9,12-13,19,24H,10-11,14H2. The van der Waals surface area contributed by atoms with Gasteiger partial charge in [-0.25, -0.2) is 0 Å². The Morgan fingerprint density at radius 1 is 1.00 bits per heavy atom. The molecule has 1 amide bonds. The smallest absolute Gasteiger partial charge is 0.254 e. The van der Waals surface area contributed by atoms with Crippen LogP contribution in [0, 0.1) is 0 Å². The average Bonchev–Trinajstić information content (AvgIpc) is 3.28. The van der Waals surface area contributed by atoms with E-state index in [1.165, 1.54) is 12.1 Å². The maximum Gasteiger partial charge on any atom is 0.254 e. The van der Waals surface area contributed by atoms with Gasteiger partial charge in [-0.15, -0.1) is 11.3 Å². The van der Waals surface area contributed by atoms with Crippen molar-refractivity contribution < 1.29 is 19.4 Å². The van der Waals surface area contributed by atoms with Gasteiger partial charge in [-0.1, -0.05) is 30.3 Å². The Morgan fingerprint density at radius 3 is 2.50 bits per heavy atom. The predicted octanol–water partition coefficient (Wildman–Crippen LogP) is 3.90. The maximum atomic E-state index is 12.9. The van der Waals surface area contributed by atoms with E-state index in [1.807, 2.05) is 17.5 Å². The van der Waals surface area contributed by atoms with Crippen molar-refractivity contribution in [2.75, 3.05) is 19.7 Å². The number of ketones is 1. The first-order valence-electron chi connectivity index (χ1n) is 9.00. The first kappa shape index (κ1) is 18.4. The lowest BCUT2D eigenvalue weighted by molar-refractivity contribution is -0.0211. The maximum absolute atomic E-state index is 12.9. The molecule has 28 heavy (non-hydrogen) atoms. The molecule has 0 bridgehead atoms. The van der Waals surface area contributed by atoms with E-state index < -0.39 is 0 Å². The highest BCUT2D eigenvalue weighted by Gasteiger charge is 2.26. The van der Waals surface area contributed by atoms with Crippen molar-refractivity contribution in [1.29, 1.82) is 0 Å². The van der Waals surface area contributed by atoms with Gasteiger partial charge in [-0.3, -0.25) is 9.59 Å². The Hall–Kier alpha value is -2.96. The van der Waals surface area contributed by atoms with Gasteiger partial charge in [-0.05, 0) is 35.7 Å². The number of thiophene rings is 1. The largest absolute Gasteiger partial charge is 0.508 e. The van der Waals surface area contributed by atoms with Crippen LogP contribution in [0.1, 0.15) is 37.3 Å². The van der Waals surface area contributed by atoms with Gasteiger partial charge in [0.15, 0.2) is 5.78 Å². The lowest BCUT2D eigenvalue weighted by atomic mass is 10.0. The highest BCUT2D eigenvalue weighted by atomic mass is 32.1. The number of phenols is 1. The summed E-state index contributed by atoms with van der Waals surface area (Å²) in [6, 6.07) is 16.9. The van der Waals surface area contributed by atoms with Crippen molar-refractivity contribution >= 4 is 23.0 Å². The van der Waals surface area contributed by atoms with Crippen LogP contribution in [0.25, 0.3) is 0 Å². The fraction of sp³-hybridized carbons (Fsp3) is 0.182. The second kappa shape index (κ2) is 7.96. The summed E-state index contributed by atoms with van der Waals surface area (Å²) in [7, 11) is 0. The number of aromatic hydroxyl groups is 1. The molecule has 4 rings (SSSR count). The van der Waals surface area contributed by atoms with Crippen LogP contribution in [0.5, 0.6) is 5.75 Å². The van der Waals surface area contributed by atoms with Crippen molar-refractivity contribution in [2.45, 2.75) is 6.10 Å². The number of phenolic OH excluding ortho intramolecular Hbond substituents is 1. The van der Waals surface area contributed by atoms with Gasteiger partial charge in [0.25, 0.3) is 5.91 Å². The van der Waals surface area contributed by atoms with Crippen LogP contribution >= 0.6 is 11.3 Å². The van der Waals surface area contributed by atoms with E-state index in [4.69, 9.17) is 4.74 Å². The molecule has 1 aliphatic heterocycles. The summed E-state index contributed by atoms with van der Waals surface area (Å²) in [5.74, 6) is -0.217. The Balaban J connectivity index is 1.47. The Labute approximate surface area is 166 Å². The molecule has 3 aromatic rings. The summed E-state index contributed by atoms with van der Waals surface area (Å²) in [5.41, 5.74) is 1.42. The van der Waals surface area contributed by atoms with Gasteiger partial charge >= 0.3 is 0 Å². The van der Waals surface area contributed by atoms with Crippen molar-refractivity contribution in [3.05, 3.63) is 87.6 Å². The molecule has 1 fully saturated rings. The molecule has 2 heterocycles. The number of rotatable bonds is 4. The van der Waals surface area contributed by atoms with Crippen molar-refractivity contribution in [1.82, 2.24) is 4.90 Å². The number of nitrogens with zero attached hydrogens (tertiary/aromatic N) is 1. The van der Waals surface area contributed by atoms with Gasteiger partial charge in [0.1, 0.15) is 11.9 Å². The molecule has 1 saturated heterocycles. The number of morpholine rings is 1. The number of carbonyl (C=O) groups is 2. The third-order valence-electron chi connectivity index (χ3n) is 4.72. The quantitative estimate of drug-likeness (QED) is 0.683. The summed E-state index contributed by atoms with van der Waals surface area (Å²) < 4.78 is 5.80. The number of carbonyl (C=O) groups excluding carboxylic acids is 2. The third-order valence-corrected chi connectivity index (χ3v) is 5.68. The number of hydrogen-bond acceptors (Lipinski definition) is 5. The van der Waals surface area contributed by atoms with E-state index in [0.29, 0.717) is 36.4 Å². The fourth-order valence-corrected chi connectivity index (χ4v) is 4.01. The van der Waals surface area contributed by atoms with E-state index in [0.717, 1.165) is 4.88 Å². The molecule has 5 nitrogen and oxygen atoms in total. The Bertz CT molecular complexity index is 982. The van der Waals surface area contributed by atoms with Crippen LogP contribution < -0.4 is 0 Å². The zero-order valence-electron chi connectivity index (χ0n) is 15.1. The Kier molecular flexibility index (Phi) is 5.23. The van der Waals surface area contributed by atoms with Gasteiger partial charge in [0.05, 0.1) is 13.2 Å². The zero-order valence-corrected chi connectivity index (χ0v) is 15.9. The number of amides is 1. The molecule has 0 saturated carbocycles. The van der Waals surface area contributed by atoms with E-state index in [9.17, 15) is 14.7 Å². The minimum Gasteiger partial charge on any atom is -0.508 e. The third kappa shape index (κ3) is 3.83. The van der Waals surface area contributed by atoms with Crippen LogP contribution in [0.3, 0.4) is 0 Å². The number of ether oxygens (including phenoxy) is 1. The molecule has 1 aromatic heterocycles. The fourth-order valence-electron chi connectivity index (χ4n) is 3.24. The topological polar surface area (TPSA) is 66.8 Å². The van der Waals surface area contributed by atoms with Gasteiger partial charge in [-0.2, -0.15) is 0 Å². The first-order chi connectivity index (χ1) is 13.6. The summed E-state index contributed by atoms with van der Waals surface area (Å²) >= 11 is 1.62. The monoisotopic (exact) mass is 393 g/mol. The average molecular weight is 393 g/mol. The van der Waals surface area contributed by atoms with Crippen molar-refractivity contribution in [3.63, 3.8) is 0 Å². The Morgan fingerprint density at radius 2 is 1.79 bits per heavy atom. The molecule has 0 radical (unpaired) electrons. The van der Waals surface area contributed by atoms with Crippen LogP contribution in [0.2, 0.25) is 0 Å². The molecule has 142 valence electrons. The normalized spacial score (nSPS) is 16.7. The minimum atomic E-state index is -0.195. The van der Waals surface area contributed by atoms with E-state index in [-0.39, 0.29) is 23.5 Å². The molecule has 1 aliphatic rings. The second-order valence-electron chi connectivity index (χ2n) is 6.58. The zero-order chi connectivity index (χ0) is 19.5. The molecule has 6 heteroatoms. The SMILES string of the molecule is O=C(c1ccc(C(=O)N2CCOC(c3cccs3)C2)cc1)c1cccc(O)c1. The molecule has 1 atom stereocenters. The highest BCUT2D eigenvalue weighted by Crippen LogP contribution is 2.27. The van der Waals surface area contributed by atoms with E-state index in [2.05, 4.69) is 0 Å². The molecular weight excluding hydrogens is 374 g/mol. The van der Waals surface area contributed by atoms with E-state index in [1.54, 1.807) is 52.6 Å². The summed E-state index contributed by atoms with van der Waals surface area (Å²) in [5, 5.41) is 11.5.